The molecule has 2 aromatic carbocycles. The molecule has 7 heteroatoms. The van der Waals surface area contributed by atoms with E-state index in [1.807, 2.05) is 50.2 Å². The summed E-state index contributed by atoms with van der Waals surface area (Å²) in [5, 5.41) is 13.6. The minimum Gasteiger partial charge on any atom is -0.370 e. The molecule has 1 aromatic heterocycles. The van der Waals surface area contributed by atoms with E-state index in [0.29, 0.717) is 29.2 Å². The van der Waals surface area contributed by atoms with Gasteiger partial charge in [0, 0.05) is 23.8 Å². The fraction of sp³-hybridized carbons (Fsp3) is 0.261. The smallest absolute Gasteiger partial charge is 0.261 e. The SMILES string of the molecule is CCNc1c(C(=O)Nc2cc(C(=O)NC3CC3)ccc2C)cnn1-c1ccccc1. The first-order valence-electron chi connectivity index (χ1n) is 10.2. The molecule has 1 fully saturated rings. The molecule has 0 radical (unpaired) electrons. The molecule has 3 N–H and O–H groups in total. The number of rotatable bonds is 7. The van der Waals surface area contributed by atoms with Crippen LogP contribution in [0.4, 0.5) is 11.5 Å². The van der Waals surface area contributed by atoms with Crippen LogP contribution in [0.1, 0.15) is 46.0 Å². The Morgan fingerprint density at radius 1 is 1.10 bits per heavy atom. The summed E-state index contributed by atoms with van der Waals surface area (Å²) in [5.41, 5.74) is 3.33. The standard InChI is InChI=1S/C23H25N5O2/c1-3-24-21-19(14-25-28(21)18-7-5-4-6-8-18)23(30)27-20-13-16(10-9-15(20)2)22(29)26-17-11-12-17/h4-10,13-14,17,24H,3,11-12H2,1-2H3,(H,26,29)(H,27,30). The second-order valence-corrected chi connectivity index (χ2v) is 7.42. The van der Waals surface area contributed by atoms with Crippen LogP contribution in [0.25, 0.3) is 5.69 Å². The first-order valence-corrected chi connectivity index (χ1v) is 10.2. The maximum atomic E-state index is 13.1. The van der Waals surface area contributed by atoms with Gasteiger partial charge in [-0.25, -0.2) is 4.68 Å². The fourth-order valence-corrected chi connectivity index (χ4v) is 3.20. The van der Waals surface area contributed by atoms with Crippen LogP contribution in [0.15, 0.2) is 54.7 Å². The number of hydrogen-bond acceptors (Lipinski definition) is 4. The Morgan fingerprint density at radius 3 is 2.57 bits per heavy atom. The quantitative estimate of drug-likeness (QED) is 0.561. The third-order valence-corrected chi connectivity index (χ3v) is 5.02. The first-order chi connectivity index (χ1) is 14.6. The van der Waals surface area contributed by atoms with E-state index in [9.17, 15) is 9.59 Å². The number of nitrogens with zero attached hydrogens (tertiary/aromatic N) is 2. The lowest BCUT2D eigenvalue weighted by Crippen LogP contribution is -2.25. The molecular weight excluding hydrogens is 378 g/mol. The molecule has 0 unspecified atom stereocenters. The van der Waals surface area contributed by atoms with Gasteiger partial charge in [-0.3, -0.25) is 9.59 Å². The van der Waals surface area contributed by atoms with Crippen molar-refractivity contribution in [3.8, 4) is 5.69 Å². The van der Waals surface area contributed by atoms with Gasteiger partial charge in [0.05, 0.1) is 11.9 Å². The maximum Gasteiger partial charge on any atom is 0.261 e. The molecule has 1 aliphatic carbocycles. The summed E-state index contributed by atoms with van der Waals surface area (Å²) in [6, 6.07) is 15.3. The van der Waals surface area contributed by atoms with Crippen molar-refractivity contribution in [2.24, 2.45) is 0 Å². The van der Waals surface area contributed by atoms with E-state index < -0.39 is 0 Å². The van der Waals surface area contributed by atoms with E-state index in [2.05, 4.69) is 21.0 Å². The van der Waals surface area contributed by atoms with Gasteiger partial charge in [0.25, 0.3) is 11.8 Å². The summed E-state index contributed by atoms with van der Waals surface area (Å²) >= 11 is 0. The van der Waals surface area contributed by atoms with Gasteiger partial charge in [-0.05, 0) is 56.5 Å². The first kappa shape index (κ1) is 19.7. The number of hydrogen-bond donors (Lipinski definition) is 3. The van der Waals surface area contributed by atoms with Gasteiger partial charge in [-0.15, -0.1) is 0 Å². The molecule has 1 saturated carbocycles. The normalized spacial score (nSPS) is 13.0. The lowest BCUT2D eigenvalue weighted by Gasteiger charge is -2.13. The molecule has 154 valence electrons. The van der Waals surface area contributed by atoms with E-state index >= 15 is 0 Å². The van der Waals surface area contributed by atoms with Crippen molar-refractivity contribution in [2.75, 3.05) is 17.2 Å². The van der Waals surface area contributed by atoms with E-state index in [0.717, 1.165) is 24.1 Å². The summed E-state index contributed by atoms with van der Waals surface area (Å²) in [6.45, 7) is 4.52. The molecule has 0 bridgehead atoms. The Labute approximate surface area is 175 Å². The van der Waals surface area contributed by atoms with E-state index in [1.54, 1.807) is 23.0 Å². The van der Waals surface area contributed by atoms with Gasteiger partial charge in [0.1, 0.15) is 11.4 Å². The Balaban J connectivity index is 1.59. The maximum absolute atomic E-state index is 13.1. The van der Waals surface area contributed by atoms with Crippen LogP contribution in [0.5, 0.6) is 0 Å². The Morgan fingerprint density at radius 2 is 1.87 bits per heavy atom. The summed E-state index contributed by atoms with van der Waals surface area (Å²) in [4.78, 5) is 25.4. The van der Waals surface area contributed by atoms with Gasteiger partial charge in [-0.2, -0.15) is 5.10 Å². The highest BCUT2D eigenvalue weighted by molar-refractivity contribution is 6.08. The number of benzene rings is 2. The van der Waals surface area contributed by atoms with Gasteiger partial charge < -0.3 is 16.0 Å². The number of aryl methyl sites for hydroxylation is 1. The van der Waals surface area contributed by atoms with Gasteiger partial charge >= 0.3 is 0 Å². The molecule has 0 atom stereocenters. The van der Waals surface area contributed by atoms with Crippen LogP contribution >= 0.6 is 0 Å². The van der Waals surface area contributed by atoms with Crippen molar-refractivity contribution in [1.82, 2.24) is 15.1 Å². The van der Waals surface area contributed by atoms with Gasteiger partial charge in [-0.1, -0.05) is 24.3 Å². The van der Waals surface area contributed by atoms with Gasteiger partial charge in [0.15, 0.2) is 0 Å². The lowest BCUT2D eigenvalue weighted by atomic mass is 10.1. The van der Waals surface area contributed by atoms with Crippen LogP contribution in [0, 0.1) is 6.92 Å². The molecule has 2 amide bonds. The molecule has 1 aliphatic rings. The summed E-state index contributed by atoms with van der Waals surface area (Å²) in [7, 11) is 0. The molecule has 0 saturated heterocycles. The number of para-hydroxylation sites is 1. The second kappa shape index (κ2) is 8.41. The average Bonchev–Trinajstić information content (AvgIpc) is 3.47. The van der Waals surface area contributed by atoms with Crippen molar-refractivity contribution in [1.29, 1.82) is 0 Å². The highest BCUT2D eigenvalue weighted by Crippen LogP contribution is 2.24. The number of nitrogens with one attached hydrogen (secondary N) is 3. The molecule has 30 heavy (non-hydrogen) atoms. The summed E-state index contributed by atoms with van der Waals surface area (Å²) in [5.74, 6) is 0.232. The molecular formula is C23H25N5O2. The predicted octanol–water partition coefficient (Wildman–Crippen LogP) is 3.76. The van der Waals surface area contributed by atoms with Crippen LogP contribution in [-0.2, 0) is 0 Å². The zero-order valence-electron chi connectivity index (χ0n) is 17.1. The highest BCUT2D eigenvalue weighted by atomic mass is 16.2. The topological polar surface area (TPSA) is 88.1 Å². The number of carbonyl (C=O) groups excluding carboxylic acids is 2. The largest absolute Gasteiger partial charge is 0.370 e. The number of amides is 2. The third-order valence-electron chi connectivity index (χ3n) is 5.02. The zero-order valence-corrected chi connectivity index (χ0v) is 17.1. The minimum absolute atomic E-state index is 0.113. The number of carbonyl (C=O) groups is 2. The molecule has 0 aliphatic heterocycles. The van der Waals surface area contributed by atoms with E-state index in [4.69, 9.17) is 0 Å². The van der Waals surface area contributed by atoms with Crippen molar-refractivity contribution in [3.63, 3.8) is 0 Å². The van der Waals surface area contributed by atoms with E-state index in [1.165, 1.54) is 0 Å². The predicted molar refractivity (Wildman–Crippen MR) is 117 cm³/mol. The number of aromatic nitrogens is 2. The molecule has 0 spiro atoms. The molecule has 3 aromatic rings. The Hall–Kier alpha value is -3.61. The van der Waals surface area contributed by atoms with Crippen molar-refractivity contribution >= 4 is 23.3 Å². The summed E-state index contributed by atoms with van der Waals surface area (Å²) in [6.07, 6.45) is 3.61. The molecule has 7 nitrogen and oxygen atoms in total. The van der Waals surface area contributed by atoms with Crippen LogP contribution in [0.3, 0.4) is 0 Å². The minimum atomic E-state index is -0.281. The molecule has 1 heterocycles. The molecule has 4 rings (SSSR count). The fourth-order valence-electron chi connectivity index (χ4n) is 3.20. The van der Waals surface area contributed by atoms with E-state index in [-0.39, 0.29) is 17.9 Å². The second-order valence-electron chi connectivity index (χ2n) is 7.42. The van der Waals surface area contributed by atoms with Gasteiger partial charge in [0.2, 0.25) is 0 Å². The van der Waals surface area contributed by atoms with Crippen molar-refractivity contribution in [2.45, 2.75) is 32.7 Å². The van der Waals surface area contributed by atoms with Crippen LogP contribution in [0.2, 0.25) is 0 Å². The monoisotopic (exact) mass is 403 g/mol. The van der Waals surface area contributed by atoms with Crippen LogP contribution in [-0.4, -0.2) is 34.2 Å². The van der Waals surface area contributed by atoms with Crippen LogP contribution < -0.4 is 16.0 Å². The highest BCUT2D eigenvalue weighted by Gasteiger charge is 2.24. The summed E-state index contributed by atoms with van der Waals surface area (Å²) < 4.78 is 1.71. The number of anilines is 2. The third kappa shape index (κ3) is 4.20. The van der Waals surface area contributed by atoms with Crippen molar-refractivity contribution in [3.05, 3.63) is 71.4 Å². The zero-order chi connectivity index (χ0) is 21.1. The Kier molecular flexibility index (Phi) is 5.52. The Bertz CT molecular complexity index is 1070. The average molecular weight is 403 g/mol. The van der Waals surface area contributed by atoms with Crippen molar-refractivity contribution < 1.29 is 9.59 Å². The lowest BCUT2D eigenvalue weighted by molar-refractivity contribution is 0.0949.